The van der Waals surface area contributed by atoms with E-state index in [4.69, 9.17) is 0 Å². The first-order valence-corrected chi connectivity index (χ1v) is 5.26. The number of amides is 1. The molecule has 0 aromatic rings. The van der Waals surface area contributed by atoms with Crippen molar-refractivity contribution in [2.75, 3.05) is 13.2 Å². The fourth-order valence-electron chi connectivity index (χ4n) is 1.25. The van der Waals surface area contributed by atoms with E-state index in [0.29, 0.717) is 25.8 Å². The van der Waals surface area contributed by atoms with Crippen molar-refractivity contribution in [3.05, 3.63) is 12.7 Å². The van der Waals surface area contributed by atoms with E-state index in [0.717, 1.165) is 0 Å². The molecule has 0 fully saturated rings. The van der Waals surface area contributed by atoms with Crippen LogP contribution in [0.2, 0.25) is 0 Å². The normalized spacial score (nSPS) is 14.3. The Morgan fingerprint density at radius 1 is 1.60 bits per heavy atom. The predicted molar refractivity (Wildman–Crippen MR) is 58.2 cm³/mol. The number of rotatable bonds is 8. The van der Waals surface area contributed by atoms with Gasteiger partial charge in [0, 0.05) is 6.54 Å². The minimum Gasteiger partial charge on any atom is -0.383 e. The standard InChI is InChI=1S/C11H20FNO2/c1-3-8-13-11(15)10(14)9(2)6-4-5-7-12/h3,9-10,14H,1,4-8H2,2H3,(H,13,15). The maximum atomic E-state index is 11.8. The third kappa shape index (κ3) is 6.23. The number of nitrogens with one attached hydrogen (secondary N) is 1. The minimum absolute atomic E-state index is 0.138. The van der Waals surface area contributed by atoms with Crippen LogP contribution in [0.3, 0.4) is 0 Å². The van der Waals surface area contributed by atoms with E-state index in [1.807, 2.05) is 0 Å². The number of alkyl halides is 1. The smallest absolute Gasteiger partial charge is 0.249 e. The van der Waals surface area contributed by atoms with Gasteiger partial charge in [0.2, 0.25) is 5.91 Å². The quantitative estimate of drug-likeness (QED) is 0.477. The molecule has 2 unspecified atom stereocenters. The molecule has 0 aromatic carbocycles. The maximum absolute atomic E-state index is 11.8. The molecule has 0 heterocycles. The van der Waals surface area contributed by atoms with E-state index in [2.05, 4.69) is 11.9 Å². The third-order valence-electron chi connectivity index (χ3n) is 2.27. The molecule has 0 aromatic heterocycles. The summed E-state index contributed by atoms with van der Waals surface area (Å²) in [4.78, 5) is 11.3. The first-order valence-electron chi connectivity index (χ1n) is 5.26. The van der Waals surface area contributed by atoms with Crippen molar-refractivity contribution >= 4 is 5.91 Å². The summed E-state index contributed by atoms with van der Waals surface area (Å²) < 4.78 is 11.8. The summed E-state index contributed by atoms with van der Waals surface area (Å²) in [7, 11) is 0. The van der Waals surface area contributed by atoms with Crippen LogP contribution >= 0.6 is 0 Å². The third-order valence-corrected chi connectivity index (χ3v) is 2.27. The van der Waals surface area contributed by atoms with Crippen LogP contribution in [0.1, 0.15) is 26.2 Å². The van der Waals surface area contributed by atoms with Gasteiger partial charge in [0.25, 0.3) is 0 Å². The second-order valence-electron chi connectivity index (χ2n) is 3.64. The second kappa shape index (κ2) is 8.41. The number of unbranched alkanes of at least 4 members (excludes halogenated alkanes) is 1. The summed E-state index contributed by atoms with van der Waals surface area (Å²) in [6.07, 6.45) is 2.39. The number of carbonyl (C=O) groups is 1. The van der Waals surface area contributed by atoms with Gasteiger partial charge in [-0.3, -0.25) is 9.18 Å². The van der Waals surface area contributed by atoms with Gasteiger partial charge in [-0.15, -0.1) is 6.58 Å². The van der Waals surface area contributed by atoms with Crippen LogP contribution < -0.4 is 5.32 Å². The highest BCUT2D eigenvalue weighted by Crippen LogP contribution is 2.12. The Morgan fingerprint density at radius 3 is 2.80 bits per heavy atom. The summed E-state index contributed by atoms with van der Waals surface area (Å²) in [6.45, 7) is 5.26. The number of aliphatic hydroxyl groups is 1. The SMILES string of the molecule is C=CCNC(=O)C(O)C(C)CCCCF. The molecule has 88 valence electrons. The molecule has 0 aliphatic heterocycles. The van der Waals surface area contributed by atoms with Crippen molar-refractivity contribution in [1.29, 1.82) is 0 Å². The Labute approximate surface area is 90.4 Å². The van der Waals surface area contributed by atoms with E-state index < -0.39 is 6.10 Å². The average Bonchev–Trinajstić information content (AvgIpc) is 2.24. The lowest BCUT2D eigenvalue weighted by molar-refractivity contribution is -0.131. The maximum Gasteiger partial charge on any atom is 0.249 e. The summed E-state index contributed by atoms with van der Waals surface area (Å²) >= 11 is 0. The zero-order valence-electron chi connectivity index (χ0n) is 9.21. The Kier molecular flexibility index (Phi) is 7.91. The molecule has 0 radical (unpaired) electrons. The molecule has 0 saturated carbocycles. The van der Waals surface area contributed by atoms with Gasteiger partial charge < -0.3 is 10.4 Å². The number of aliphatic hydroxyl groups excluding tert-OH is 1. The average molecular weight is 217 g/mol. The van der Waals surface area contributed by atoms with E-state index in [-0.39, 0.29) is 18.5 Å². The van der Waals surface area contributed by atoms with E-state index in [1.54, 1.807) is 13.0 Å². The van der Waals surface area contributed by atoms with Gasteiger partial charge in [0.05, 0.1) is 6.67 Å². The van der Waals surface area contributed by atoms with E-state index in [1.165, 1.54) is 0 Å². The molecule has 0 spiro atoms. The number of hydrogen-bond donors (Lipinski definition) is 2. The van der Waals surface area contributed by atoms with E-state index >= 15 is 0 Å². The Morgan fingerprint density at radius 2 is 2.27 bits per heavy atom. The van der Waals surface area contributed by atoms with Crippen LogP contribution in [0.5, 0.6) is 0 Å². The summed E-state index contributed by atoms with van der Waals surface area (Å²) in [6, 6.07) is 0. The summed E-state index contributed by atoms with van der Waals surface area (Å²) in [5.41, 5.74) is 0. The molecular formula is C11H20FNO2. The first kappa shape index (κ1) is 14.1. The first-order chi connectivity index (χ1) is 7.13. The highest BCUT2D eigenvalue weighted by atomic mass is 19.1. The largest absolute Gasteiger partial charge is 0.383 e. The molecule has 2 N–H and O–H groups in total. The van der Waals surface area contributed by atoms with Crippen molar-refractivity contribution in [1.82, 2.24) is 5.32 Å². The van der Waals surface area contributed by atoms with Crippen molar-refractivity contribution in [2.24, 2.45) is 5.92 Å². The van der Waals surface area contributed by atoms with Gasteiger partial charge in [-0.1, -0.05) is 19.4 Å². The van der Waals surface area contributed by atoms with Gasteiger partial charge >= 0.3 is 0 Å². The van der Waals surface area contributed by atoms with Gasteiger partial charge in [0.1, 0.15) is 6.10 Å². The minimum atomic E-state index is -1.01. The molecule has 0 bridgehead atoms. The molecule has 15 heavy (non-hydrogen) atoms. The molecule has 0 aliphatic rings. The fraction of sp³-hybridized carbons (Fsp3) is 0.727. The summed E-state index contributed by atoms with van der Waals surface area (Å²) in [5.74, 6) is -0.524. The Balaban J connectivity index is 3.79. The lowest BCUT2D eigenvalue weighted by Gasteiger charge is -2.17. The van der Waals surface area contributed by atoms with Crippen LogP contribution in [0.4, 0.5) is 4.39 Å². The van der Waals surface area contributed by atoms with E-state index in [9.17, 15) is 14.3 Å². The van der Waals surface area contributed by atoms with Gasteiger partial charge in [0.15, 0.2) is 0 Å². The van der Waals surface area contributed by atoms with Crippen LogP contribution in [-0.4, -0.2) is 30.3 Å². The molecular weight excluding hydrogens is 197 g/mol. The molecule has 4 heteroatoms. The van der Waals surface area contributed by atoms with Crippen LogP contribution in [0.15, 0.2) is 12.7 Å². The fourth-order valence-corrected chi connectivity index (χ4v) is 1.25. The van der Waals surface area contributed by atoms with Crippen LogP contribution in [0, 0.1) is 5.92 Å². The lowest BCUT2D eigenvalue weighted by atomic mass is 9.97. The zero-order valence-corrected chi connectivity index (χ0v) is 9.21. The van der Waals surface area contributed by atoms with Crippen molar-refractivity contribution in [3.8, 4) is 0 Å². The number of carbonyl (C=O) groups excluding carboxylic acids is 1. The monoisotopic (exact) mass is 217 g/mol. The van der Waals surface area contributed by atoms with Crippen molar-refractivity contribution in [2.45, 2.75) is 32.3 Å². The molecule has 3 nitrogen and oxygen atoms in total. The van der Waals surface area contributed by atoms with Crippen LogP contribution in [0.25, 0.3) is 0 Å². The van der Waals surface area contributed by atoms with Crippen molar-refractivity contribution in [3.63, 3.8) is 0 Å². The second-order valence-corrected chi connectivity index (χ2v) is 3.64. The number of hydrogen-bond acceptors (Lipinski definition) is 2. The zero-order chi connectivity index (χ0) is 11.7. The van der Waals surface area contributed by atoms with Gasteiger partial charge in [-0.2, -0.15) is 0 Å². The molecule has 1 amide bonds. The van der Waals surface area contributed by atoms with Gasteiger partial charge in [-0.25, -0.2) is 0 Å². The molecule has 0 rings (SSSR count). The molecule has 2 atom stereocenters. The highest BCUT2D eigenvalue weighted by Gasteiger charge is 2.21. The molecule has 0 saturated heterocycles. The summed E-state index contributed by atoms with van der Waals surface area (Å²) in [5, 5.41) is 12.1. The Hall–Kier alpha value is -0.900. The molecule has 0 aliphatic carbocycles. The lowest BCUT2D eigenvalue weighted by Crippen LogP contribution is -2.38. The predicted octanol–water partition coefficient (Wildman–Crippen LogP) is 1.43. The Bertz CT molecular complexity index is 197. The van der Waals surface area contributed by atoms with Gasteiger partial charge in [-0.05, 0) is 18.8 Å². The number of halogens is 1. The topological polar surface area (TPSA) is 49.3 Å². The van der Waals surface area contributed by atoms with Crippen LogP contribution in [-0.2, 0) is 4.79 Å². The highest BCUT2D eigenvalue weighted by molar-refractivity contribution is 5.80. The van der Waals surface area contributed by atoms with Crippen molar-refractivity contribution < 1.29 is 14.3 Å².